The van der Waals surface area contributed by atoms with E-state index < -0.39 is 0 Å². The van der Waals surface area contributed by atoms with E-state index in [0.29, 0.717) is 5.56 Å². The minimum atomic E-state index is -0.149. The molecule has 0 aliphatic heterocycles. The highest BCUT2D eigenvalue weighted by Crippen LogP contribution is 2.21. The Kier molecular flexibility index (Phi) is 3.04. The molecule has 2 N–H and O–H groups in total. The Morgan fingerprint density at radius 3 is 2.46 bits per heavy atom. The smallest absolute Gasteiger partial charge is 0.126 e. The predicted octanol–water partition coefficient (Wildman–Crippen LogP) is 2.85. The van der Waals surface area contributed by atoms with Crippen LogP contribution in [0.5, 0.6) is 0 Å². The van der Waals surface area contributed by atoms with Crippen LogP contribution in [0.3, 0.4) is 0 Å². The fourth-order valence-electron chi connectivity index (χ4n) is 1.42. The van der Waals surface area contributed by atoms with Gasteiger partial charge in [0, 0.05) is 6.04 Å². The Hall–Kier alpha value is -0.890. The first-order chi connectivity index (χ1) is 6.06. The molecule has 0 aliphatic rings. The van der Waals surface area contributed by atoms with Gasteiger partial charge in [-0.25, -0.2) is 4.39 Å². The van der Waals surface area contributed by atoms with Crippen molar-refractivity contribution >= 4 is 0 Å². The first-order valence-corrected chi connectivity index (χ1v) is 4.58. The van der Waals surface area contributed by atoms with Gasteiger partial charge in [0.2, 0.25) is 0 Å². The van der Waals surface area contributed by atoms with Crippen LogP contribution in [0.25, 0.3) is 0 Å². The fourth-order valence-corrected chi connectivity index (χ4v) is 1.42. The quantitative estimate of drug-likeness (QED) is 0.746. The van der Waals surface area contributed by atoms with Crippen molar-refractivity contribution in [3.8, 4) is 0 Å². The standard InChI is InChI=1S/C11H16FN/c1-4-11(13)9-5-8(3)10(12)6-7(9)2/h5-6,11H,4,13H2,1-3H3/t11-/m0/s1. The van der Waals surface area contributed by atoms with E-state index in [1.807, 2.05) is 19.9 Å². The Balaban J connectivity index is 3.15. The summed E-state index contributed by atoms with van der Waals surface area (Å²) in [6, 6.07) is 3.43. The van der Waals surface area contributed by atoms with E-state index in [-0.39, 0.29) is 11.9 Å². The highest BCUT2D eigenvalue weighted by atomic mass is 19.1. The average Bonchev–Trinajstić information content (AvgIpc) is 2.10. The van der Waals surface area contributed by atoms with Gasteiger partial charge in [-0.1, -0.05) is 13.0 Å². The maximum Gasteiger partial charge on any atom is 0.126 e. The van der Waals surface area contributed by atoms with Gasteiger partial charge in [-0.3, -0.25) is 0 Å². The van der Waals surface area contributed by atoms with Crippen LogP contribution in [-0.4, -0.2) is 0 Å². The van der Waals surface area contributed by atoms with Crippen molar-refractivity contribution < 1.29 is 4.39 Å². The molecule has 1 atom stereocenters. The van der Waals surface area contributed by atoms with E-state index in [2.05, 4.69) is 0 Å². The van der Waals surface area contributed by atoms with Gasteiger partial charge >= 0.3 is 0 Å². The van der Waals surface area contributed by atoms with Crippen LogP contribution < -0.4 is 5.73 Å². The maximum absolute atomic E-state index is 13.1. The van der Waals surface area contributed by atoms with Crippen LogP contribution in [0.1, 0.15) is 36.1 Å². The predicted molar refractivity (Wildman–Crippen MR) is 53.1 cm³/mol. The molecule has 1 rings (SSSR count). The summed E-state index contributed by atoms with van der Waals surface area (Å²) < 4.78 is 13.1. The van der Waals surface area contributed by atoms with Crippen molar-refractivity contribution in [1.29, 1.82) is 0 Å². The number of hydrogen-bond donors (Lipinski definition) is 1. The number of nitrogens with two attached hydrogens (primary N) is 1. The van der Waals surface area contributed by atoms with Gasteiger partial charge in [0.1, 0.15) is 5.82 Å². The van der Waals surface area contributed by atoms with Crippen LogP contribution in [-0.2, 0) is 0 Å². The minimum absolute atomic E-state index is 0.0271. The van der Waals surface area contributed by atoms with E-state index in [9.17, 15) is 4.39 Å². The van der Waals surface area contributed by atoms with Gasteiger partial charge in [-0.05, 0) is 43.0 Å². The molecule has 0 amide bonds. The molecule has 0 aliphatic carbocycles. The highest BCUT2D eigenvalue weighted by Gasteiger charge is 2.09. The molecule has 0 fully saturated rings. The van der Waals surface area contributed by atoms with Gasteiger partial charge < -0.3 is 5.73 Å². The third-order valence-corrected chi connectivity index (χ3v) is 2.39. The molecular formula is C11H16FN. The Morgan fingerprint density at radius 2 is 1.92 bits per heavy atom. The van der Waals surface area contributed by atoms with Crippen LogP contribution in [0.4, 0.5) is 4.39 Å². The molecule has 0 heterocycles. The maximum atomic E-state index is 13.1. The van der Waals surface area contributed by atoms with Gasteiger partial charge in [0.05, 0.1) is 0 Å². The number of benzene rings is 1. The first-order valence-electron chi connectivity index (χ1n) is 4.58. The fraction of sp³-hybridized carbons (Fsp3) is 0.455. The Labute approximate surface area is 78.8 Å². The third-order valence-electron chi connectivity index (χ3n) is 2.39. The van der Waals surface area contributed by atoms with Crippen LogP contribution in [0, 0.1) is 19.7 Å². The SMILES string of the molecule is CC[C@H](N)c1cc(C)c(F)cc1C. The molecule has 0 bridgehead atoms. The van der Waals surface area contributed by atoms with Crippen molar-refractivity contribution in [2.75, 3.05) is 0 Å². The zero-order valence-electron chi connectivity index (χ0n) is 8.39. The summed E-state index contributed by atoms with van der Waals surface area (Å²) in [7, 11) is 0. The molecule has 2 heteroatoms. The molecule has 0 unspecified atom stereocenters. The molecular weight excluding hydrogens is 165 g/mol. The van der Waals surface area contributed by atoms with Gasteiger partial charge in [0.25, 0.3) is 0 Å². The van der Waals surface area contributed by atoms with E-state index >= 15 is 0 Å². The van der Waals surface area contributed by atoms with E-state index in [0.717, 1.165) is 17.5 Å². The summed E-state index contributed by atoms with van der Waals surface area (Å²) in [5.74, 6) is -0.149. The Morgan fingerprint density at radius 1 is 1.31 bits per heavy atom. The zero-order valence-corrected chi connectivity index (χ0v) is 8.39. The van der Waals surface area contributed by atoms with Crippen LogP contribution >= 0.6 is 0 Å². The monoisotopic (exact) mass is 181 g/mol. The van der Waals surface area contributed by atoms with Crippen LogP contribution in [0.2, 0.25) is 0 Å². The van der Waals surface area contributed by atoms with Crippen molar-refractivity contribution in [3.05, 3.63) is 34.6 Å². The lowest BCUT2D eigenvalue weighted by Gasteiger charge is -2.13. The normalized spacial score (nSPS) is 13.0. The molecule has 1 aromatic rings. The molecule has 1 aromatic carbocycles. The lowest BCUT2D eigenvalue weighted by atomic mass is 9.98. The average molecular weight is 181 g/mol. The van der Waals surface area contributed by atoms with Gasteiger partial charge in [-0.15, -0.1) is 0 Å². The van der Waals surface area contributed by atoms with Crippen LogP contribution in [0.15, 0.2) is 12.1 Å². The Bertz CT molecular complexity index is 307. The molecule has 72 valence electrons. The van der Waals surface area contributed by atoms with E-state index in [1.165, 1.54) is 0 Å². The first kappa shape index (κ1) is 10.2. The molecule has 0 saturated carbocycles. The topological polar surface area (TPSA) is 26.0 Å². The summed E-state index contributed by atoms with van der Waals surface area (Å²) >= 11 is 0. The summed E-state index contributed by atoms with van der Waals surface area (Å²) in [5, 5.41) is 0. The molecule has 1 nitrogen and oxygen atoms in total. The second-order valence-corrected chi connectivity index (χ2v) is 3.47. The van der Waals surface area contributed by atoms with Gasteiger partial charge in [0.15, 0.2) is 0 Å². The highest BCUT2D eigenvalue weighted by molar-refractivity contribution is 5.33. The number of halogens is 1. The molecule has 0 spiro atoms. The number of aryl methyl sites for hydroxylation is 2. The summed E-state index contributed by atoms with van der Waals surface area (Å²) in [6.07, 6.45) is 0.881. The summed E-state index contributed by atoms with van der Waals surface area (Å²) in [4.78, 5) is 0. The number of rotatable bonds is 2. The zero-order chi connectivity index (χ0) is 10.0. The lowest BCUT2D eigenvalue weighted by Crippen LogP contribution is -2.11. The van der Waals surface area contributed by atoms with E-state index in [4.69, 9.17) is 5.73 Å². The van der Waals surface area contributed by atoms with E-state index in [1.54, 1.807) is 13.0 Å². The molecule has 0 saturated heterocycles. The molecule has 0 radical (unpaired) electrons. The summed E-state index contributed by atoms with van der Waals surface area (Å²) in [6.45, 7) is 5.69. The van der Waals surface area contributed by atoms with Gasteiger partial charge in [-0.2, -0.15) is 0 Å². The second kappa shape index (κ2) is 3.88. The molecule has 0 aromatic heterocycles. The van der Waals surface area contributed by atoms with Crippen molar-refractivity contribution in [1.82, 2.24) is 0 Å². The molecule has 13 heavy (non-hydrogen) atoms. The third kappa shape index (κ3) is 2.07. The van der Waals surface area contributed by atoms with Crippen molar-refractivity contribution in [2.24, 2.45) is 5.73 Å². The lowest BCUT2D eigenvalue weighted by molar-refractivity contribution is 0.611. The van der Waals surface area contributed by atoms with Crippen molar-refractivity contribution in [3.63, 3.8) is 0 Å². The minimum Gasteiger partial charge on any atom is -0.324 e. The number of hydrogen-bond acceptors (Lipinski definition) is 1. The largest absolute Gasteiger partial charge is 0.324 e. The summed E-state index contributed by atoms with van der Waals surface area (Å²) in [5.41, 5.74) is 8.56. The second-order valence-electron chi connectivity index (χ2n) is 3.47. The van der Waals surface area contributed by atoms with Crippen molar-refractivity contribution in [2.45, 2.75) is 33.2 Å².